The van der Waals surface area contributed by atoms with E-state index in [-0.39, 0.29) is 12.5 Å². The largest absolute Gasteiger partial charge is 0.497 e. The number of nitrogens with zero attached hydrogens (tertiary/aromatic N) is 2. The van der Waals surface area contributed by atoms with Crippen molar-refractivity contribution in [1.29, 1.82) is 0 Å². The van der Waals surface area contributed by atoms with Crippen LogP contribution in [0.25, 0.3) is 10.9 Å². The van der Waals surface area contributed by atoms with Crippen LogP contribution in [0.3, 0.4) is 0 Å². The highest BCUT2D eigenvalue weighted by Gasteiger charge is 2.06. The van der Waals surface area contributed by atoms with E-state index in [2.05, 4.69) is 15.5 Å². The van der Waals surface area contributed by atoms with E-state index < -0.39 is 0 Å². The van der Waals surface area contributed by atoms with Gasteiger partial charge in [0.15, 0.2) is 6.61 Å². The molecule has 6 heteroatoms. The van der Waals surface area contributed by atoms with Crippen molar-refractivity contribution in [2.24, 2.45) is 5.10 Å². The number of carbonyl (C=O) groups excluding carboxylic acids is 1. The maximum atomic E-state index is 11.9. The Hall–Kier alpha value is -3.41. The van der Waals surface area contributed by atoms with Crippen LogP contribution in [0, 0.1) is 6.92 Å². The Kier molecular flexibility index (Phi) is 5.43. The third kappa shape index (κ3) is 4.16. The third-order valence-corrected chi connectivity index (χ3v) is 3.82. The third-order valence-electron chi connectivity index (χ3n) is 3.82. The molecule has 0 aliphatic rings. The van der Waals surface area contributed by atoms with Crippen LogP contribution in [0.15, 0.2) is 59.8 Å². The summed E-state index contributed by atoms with van der Waals surface area (Å²) in [6.45, 7) is 1.80. The lowest BCUT2D eigenvalue weighted by Gasteiger charge is -2.07. The molecule has 3 aromatic rings. The molecule has 1 amide bonds. The number of methoxy groups -OCH3 is 1. The lowest BCUT2D eigenvalue weighted by Crippen LogP contribution is -2.24. The molecule has 2 aromatic carbocycles. The monoisotopic (exact) mass is 349 g/mol. The molecule has 6 nitrogen and oxygen atoms in total. The van der Waals surface area contributed by atoms with Crippen molar-refractivity contribution in [3.63, 3.8) is 0 Å². The molecule has 3 rings (SSSR count). The van der Waals surface area contributed by atoms with Gasteiger partial charge in [-0.15, -0.1) is 0 Å². The molecule has 1 aromatic heterocycles. The molecule has 0 radical (unpaired) electrons. The molecule has 0 aliphatic heterocycles. The Bertz CT molecular complexity index is 949. The molecule has 1 N–H and O–H groups in total. The van der Waals surface area contributed by atoms with E-state index in [0.29, 0.717) is 5.75 Å². The molecule has 26 heavy (non-hydrogen) atoms. The van der Waals surface area contributed by atoms with Gasteiger partial charge in [-0.25, -0.2) is 5.43 Å². The lowest BCUT2D eigenvalue weighted by atomic mass is 10.1. The minimum atomic E-state index is -0.347. The van der Waals surface area contributed by atoms with Crippen LogP contribution in [0.1, 0.15) is 11.1 Å². The van der Waals surface area contributed by atoms with Gasteiger partial charge in [-0.3, -0.25) is 9.78 Å². The predicted molar refractivity (Wildman–Crippen MR) is 101 cm³/mol. The molecule has 132 valence electrons. The summed E-state index contributed by atoms with van der Waals surface area (Å²) < 4.78 is 10.7. The molecule has 0 aliphatic carbocycles. The first-order valence-electron chi connectivity index (χ1n) is 8.10. The van der Waals surface area contributed by atoms with Crippen molar-refractivity contribution < 1.29 is 14.3 Å². The summed E-state index contributed by atoms with van der Waals surface area (Å²) in [6, 6.07) is 15.0. The van der Waals surface area contributed by atoms with Crippen molar-refractivity contribution in [3.05, 3.63) is 65.9 Å². The van der Waals surface area contributed by atoms with E-state index in [9.17, 15) is 4.79 Å². The highest BCUT2D eigenvalue weighted by Crippen LogP contribution is 2.22. The van der Waals surface area contributed by atoms with Gasteiger partial charge >= 0.3 is 0 Å². The Balaban J connectivity index is 1.57. The first-order chi connectivity index (χ1) is 12.7. The zero-order chi connectivity index (χ0) is 18.4. The number of nitrogens with one attached hydrogen (secondary N) is 1. The van der Waals surface area contributed by atoms with Crippen molar-refractivity contribution in [2.45, 2.75) is 6.92 Å². The summed E-state index contributed by atoms with van der Waals surface area (Å²) in [5, 5.41) is 4.93. The number of ether oxygens (including phenoxy) is 2. The molecular weight excluding hydrogens is 330 g/mol. The molecule has 0 bridgehead atoms. The van der Waals surface area contributed by atoms with Gasteiger partial charge in [0.05, 0.1) is 13.3 Å². The fourth-order valence-electron chi connectivity index (χ4n) is 2.46. The minimum Gasteiger partial charge on any atom is -0.497 e. The summed E-state index contributed by atoms with van der Waals surface area (Å²) in [4.78, 5) is 16.2. The zero-order valence-electron chi connectivity index (χ0n) is 14.6. The van der Waals surface area contributed by atoms with Crippen LogP contribution in [-0.2, 0) is 4.79 Å². The van der Waals surface area contributed by atoms with Crippen molar-refractivity contribution in [1.82, 2.24) is 10.4 Å². The second-order valence-electron chi connectivity index (χ2n) is 5.64. The van der Waals surface area contributed by atoms with E-state index >= 15 is 0 Å². The minimum absolute atomic E-state index is 0.144. The van der Waals surface area contributed by atoms with E-state index in [1.165, 1.54) is 0 Å². The number of carbonyl (C=O) groups is 1. The van der Waals surface area contributed by atoms with Gasteiger partial charge in [-0.1, -0.05) is 18.2 Å². The first-order valence-corrected chi connectivity index (χ1v) is 8.10. The Morgan fingerprint density at radius 2 is 2.08 bits per heavy atom. The van der Waals surface area contributed by atoms with E-state index in [0.717, 1.165) is 27.8 Å². The van der Waals surface area contributed by atoms with Crippen molar-refractivity contribution in [3.8, 4) is 11.5 Å². The molecule has 0 unspecified atom stereocenters. The number of fused-ring (bicyclic) bond motifs is 1. The van der Waals surface area contributed by atoms with Gasteiger partial charge < -0.3 is 9.47 Å². The molecule has 0 spiro atoms. The molecule has 0 atom stereocenters. The lowest BCUT2D eigenvalue weighted by molar-refractivity contribution is -0.123. The normalized spacial score (nSPS) is 10.8. The number of para-hydroxylation sites is 1. The van der Waals surface area contributed by atoms with Crippen LogP contribution < -0.4 is 14.9 Å². The van der Waals surface area contributed by atoms with Crippen LogP contribution in [0.2, 0.25) is 0 Å². The number of benzene rings is 2. The van der Waals surface area contributed by atoms with Gasteiger partial charge in [-0.05, 0) is 48.4 Å². The number of hydrazone groups is 1. The Labute approximate surface area is 151 Å². The van der Waals surface area contributed by atoms with Crippen molar-refractivity contribution in [2.75, 3.05) is 13.7 Å². The van der Waals surface area contributed by atoms with Crippen LogP contribution in [0.5, 0.6) is 11.5 Å². The summed E-state index contributed by atoms with van der Waals surface area (Å²) in [6.07, 6.45) is 3.28. The number of hydrogen-bond donors (Lipinski definition) is 1. The van der Waals surface area contributed by atoms with Gasteiger partial charge in [-0.2, -0.15) is 5.10 Å². The number of pyridine rings is 1. The molecule has 1 heterocycles. The summed E-state index contributed by atoms with van der Waals surface area (Å²) in [7, 11) is 1.62. The summed E-state index contributed by atoms with van der Waals surface area (Å²) >= 11 is 0. The predicted octanol–water partition coefficient (Wildman–Crippen LogP) is 3.08. The Morgan fingerprint density at radius 1 is 1.23 bits per heavy atom. The summed E-state index contributed by atoms with van der Waals surface area (Å²) in [5.41, 5.74) is 5.08. The van der Waals surface area contributed by atoms with Gasteiger partial charge in [0, 0.05) is 11.6 Å². The van der Waals surface area contributed by atoms with E-state index in [1.807, 2.05) is 49.4 Å². The standard InChI is InChI=1S/C20H19N3O3/c1-14-11-17(25-2)9-8-16(14)12-22-23-19(24)13-26-18-7-3-5-15-6-4-10-21-20(15)18/h3-12H,13H2,1-2H3,(H,23,24)/b22-12+. The fourth-order valence-corrected chi connectivity index (χ4v) is 2.46. The molecular formula is C20H19N3O3. The second-order valence-corrected chi connectivity index (χ2v) is 5.64. The topological polar surface area (TPSA) is 72.8 Å². The molecule has 0 fully saturated rings. The van der Waals surface area contributed by atoms with Crippen LogP contribution >= 0.6 is 0 Å². The van der Waals surface area contributed by atoms with Gasteiger partial charge in [0.1, 0.15) is 17.0 Å². The average Bonchev–Trinajstić information content (AvgIpc) is 2.67. The first kappa shape index (κ1) is 17.4. The zero-order valence-corrected chi connectivity index (χ0v) is 14.6. The average molecular weight is 349 g/mol. The van der Waals surface area contributed by atoms with E-state index in [4.69, 9.17) is 9.47 Å². The van der Waals surface area contributed by atoms with Crippen LogP contribution in [0.4, 0.5) is 0 Å². The van der Waals surface area contributed by atoms with E-state index in [1.54, 1.807) is 25.6 Å². The maximum Gasteiger partial charge on any atom is 0.277 e. The summed E-state index contributed by atoms with van der Waals surface area (Å²) in [5.74, 6) is 0.995. The SMILES string of the molecule is COc1ccc(/C=N/NC(=O)COc2cccc3cccnc23)c(C)c1. The number of amides is 1. The van der Waals surface area contributed by atoms with Crippen LogP contribution in [-0.4, -0.2) is 30.8 Å². The number of hydrogen-bond acceptors (Lipinski definition) is 5. The highest BCUT2D eigenvalue weighted by atomic mass is 16.5. The second kappa shape index (κ2) is 8.11. The van der Waals surface area contributed by atoms with Crippen molar-refractivity contribution >= 4 is 23.0 Å². The Morgan fingerprint density at radius 3 is 2.88 bits per heavy atom. The number of rotatable bonds is 6. The molecule has 0 saturated heterocycles. The number of aryl methyl sites for hydroxylation is 1. The maximum absolute atomic E-state index is 11.9. The fraction of sp³-hybridized carbons (Fsp3) is 0.150. The number of aromatic nitrogens is 1. The smallest absolute Gasteiger partial charge is 0.277 e. The van der Waals surface area contributed by atoms with Gasteiger partial charge in [0.25, 0.3) is 5.91 Å². The quantitative estimate of drug-likeness (QED) is 0.548. The highest BCUT2D eigenvalue weighted by molar-refractivity contribution is 5.86. The molecule has 0 saturated carbocycles. The van der Waals surface area contributed by atoms with Gasteiger partial charge in [0.2, 0.25) is 0 Å².